The topological polar surface area (TPSA) is 75.8 Å². The van der Waals surface area contributed by atoms with Gasteiger partial charge in [0.25, 0.3) is 0 Å². The maximum absolute atomic E-state index is 13.2. The number of halogens is 2. The summed E-state index contributed by atoms with van der Waals surface area (Å²) in [5.74, 6) is -0.112. The van der Waals surface area contributed by atoms with Gasteiger partial charge in [-0.1, -0.05) is 6.08 Å². The van der Waals surface area contributed by atoms with Crippen LogP contribution in [0.3, 0.4) is 0 Å². The first-order chi connectivity index (χ1) is 11.4. The summed E-state index contributed by atoms with van der Waals surface area (Å²) >= 11 is 0. The number of amides is 1. The van der Waals surface area contributed by atoms with Crippen molar-refractivity contribution >= 4 is 25.5 Å². The minimum atomic E-state index is -2.59. The number of aryl methyl sites for hydroxylation is 2. The third-order valence-electron chi connectivity index (χ3n) is 3.66. The van der Waals surface area contributed by atoms with Crippen molar-refractivity contribution in [3.05, 3.63) is 45.8 Å². The van der Waals surface area contributed by atoms with Gasteiger partial charge in [0.15, 0.2) is 0 Å². The molecule has 0 aliphatic carbocycles. The molecule has 2 aromatic rings. The molecule has 24 heavy (non-hydrogen) atoms. The third-order valence-corrected chi connectivity index (χ3v) is 3.66. The monoisotopic (exact) mass is 334 g/mol. The Hall–Kier alpha value is -2.35. The predicted molar refractivity (Wildman–Crippen MR) is 92.0 cm³/mol. The van der Waals surface area contributed by atoms with E-state index in [1.54, 1.807) is 44.2 Å². The van der Waals surface area contributed by atoms with Crippen molar-refractivity contribution in [1.29, 1.82) is 0 Å². The molecule has 0 saturated heterocycles. The first-order valence-corrected chi connectivity index (χ1v) is 7.72. The Balaban J connectivity index is 2.25. The SMILES string of the molecule is Cc1cc(C)n(B(F)F)c1C=c1ccc(=CCC(=O)NCCN)[nH]1. The molecule has 2 aromatic heterocycles. The average molecular weight is 334 g/mol. The molecule has 8 heteroatoms. The molecule has 0 aliphatic heterocycles. The number of nitrogens with zero attached hydrogens (tertiary/aromatic N) is 1. The van der Waals surface area contributed by atoms with Gasteiger partial charge in [-0.3, -0.25) is 13.4 Å². The minimum Gasteiger partial charge on any atom is -0.356 e. The van der Waals surface area contributed by atoms with Gasteiger partial charge in [0.2, 0.25) is 5.91 Å². The lowest BCUT2D eigenvalue weighted by Crippen LogP contribution is -2.28. The van der Waals surface area contributed by atoms with Crippen molar-refractivity contribution in [2.45, 2.75) is 20.3 Å². The molecule has 0 bridgehead atoms. The molecule has 2 rings (SSSR count). The fourth-order valence-electron chi connectivity index (χ4n) is 2.55. The summed E-state index contributed by atoms with van der Waals surface area (Å²) in [6, 6.07) is 5.33. The number of rotatable bonds is 6. The van der Waals surface area contributed by atoms with Crippen LogP contribution >= 0.6 is 0 Å². The van der Waals surface area contributed by atoms with Crippen LogP contribution in [0.15, 0.2) is 18.2 Å². The quantitative estimate of drug-likeness (QED) is 0.664. The first kappa shape index (κ1) is 18.0. The minimum absolute atomic E-state index is 0.112. The molecule has 0 radical (unpaired) electrons. The van der Waals surface area contributed by atoms with E-state index < -0.39 is 7.40 Å². The van der Waals surface area contributed by atoms with Crippen LogP contribution in [0.4, 0.5) is 8.63 Å². The van der Waals surface area contributed by atoms with E-state index in [4.69, 9.17) is 5.73 Å². The maximum atomic E-state index is 13.2. The summed E-state index contributed by atoms with van der Waals surface area (Å²) in [6.07, 6.45) is 3.65. The molecule has 0 atom stereocenters. The van der Waals surface area contributed by atoms with Crippen LogP contribution in [-0.2, 0) is 4.79 Å². The second-order valence-electron chi connectivity index (χ2n) is 5.56. The van der Waals surface area contributed by atoms with Crippen molar-refractivity contribution in [3.8, 4) is 0 Å². The van der Waals surface area contributed by atoms with Gasteiger partial charge in [0, 0.05) is 41.6 Å². The highest BCUT2D eigenvalue weighted by molar-refractivity contribution is 6.41. The van der Waals surface area contributed by atoms with E-state index in [9.17, 15) is 13.4 Å². The molecule has 4 N–H and O–H groups in total. The summed E-state index contributed by atoms with van der Waals surface area (Å²) < 4.78 is 27.4. The Bertz CT molecular complexity index is 826. The van der Waals surface area contributed by atoms with E-state index in [1.807, 2.05) is 0 Å². The maximum Gasteiger partial charge on any atom is 0.677 e. The molecular formula is C16H21BF2N4O. The number of H-pyrrole nitrogens is 1. The summed E-state index contributed by atoms with van der Waals surface area (Å²) in [6.45, 7) is 4.30. The Morgan fingerprint density at radius 3 is 2.75 bits per heavy atom. The van der Waals surface area contributed by atoms with Gasteiger partial charge in [0.05, 0.1) is 0 Å². The lowest BCUT2D eigenvalue weighted by molar-refractivity contribution is -0.119. The van der Waals surface area contributed by atoms with Gasteiger partial charge in [-0.15, -0.1) is 0 Å². The van der Waals surface area contributed by atoms with Crippen LogP contribution in [-0.4, -0.2) is 35.9 Å². The molecule has 0 spiro atoms. The zero-order valence-electron chi connectivity index (χ0n) is 13.8. The van der Waals surface area contributed by atoms with Crippen LogP contribution in [0.1, 0.15) is 23.4 Å². The molecule has 0 aromatic carbocycles. The number of hydrogen-bond donors (Lipinski definition) is 3. The van der Waals surface area contributed by atoms with Crippen molar-refractivity contribution in [2.75, 3.05) is 13.1 Å². The van der Waals surface area contributed by atoms with E-state index in [0.29, 0.717) is 29.8 Å². The highest BCUT2D eigenvalue weighted by Crippen LogP contribution is 2.17. The summed E-state index contributed by atoms with van der Waals surface area (Å²) in [7, 11) is -2.59. The second kappa shape index (κ2) is 7.96. The molecule has 5 nitrogen and oxygen atoms in total. The molecule has 0 unspecified atom stereocenters. The summed E-state index contributed by atoms with van der Waals surface area (Å²) in [5.41, 5.74) is 7.09. The van der Waals surface area contributed by atoms with E-state index >= 15 is 0 Å². The predicted octanol–water partition coefficient (Wildman–Crippen LogP) is 0.279. The van der Waals surface area contributed by atoms with Crippen LogP contribution in [0.5, 0.6) is 0 Å². The van der Waals surface area contributed by atoms with Crippen molar-refractivity contribution in [3.63, 3.8) is 0 Å². The largest absolute Gasteiger partial charge is 0.677 e. The number of nitrogens with one attached hydrogen (secondary N) is 2. The van der Waals surface area contributed by atoms with Crippen LogP contribution in [0, 0.1) is 13.8 Å². The van der Waals surface area contributed by atoms with Gasteiger partial charge in [0.1, 0.15) is 0 Å². The van der Waals surface area contributed by atoms with Gasteiger partial charge in [-0.2, -0.15) is 0 Å². The number of aromatic amines is 1. The smallest absolute Gasteiger partial charge is 0.356 e. The lowest BCUT2D eigenvalue weighted by atomic mass is 10.2. The highest BCUT2D eigenvalue weighted by Gasteiger charge is 2.22. The average Bonchev–Trinajstić information content (AvgIpc) is 3.08. The number of carbonyl (C=O) groups excluding carboxylic acids is 1. The molecule has 2 heterocycles. The van der Waals surface area contributed by atoms with Crippen LogP contribution in [0.25, 0.3) is 12.2 Å². The third kappa shape index (κ3) is 4.35. The highest BCUT2D eigenvalue weighted by atomic mass is 19.2. The Morgan fingerprint density at radius 1 is 1.38 bits per heavy atom. The molecule has 0 aliphatic rings. The summed E-state index contributed by atoms with van der Waals surface area (Å²) in [4.78, 5) is 14.6. The van der Waals surface area contributed by atoms with Crippen LogP contribution < -0.4 is 21.7 Å². The fourth-order valence-corrected chi connectivity index (χ4v) is 2.55. The van der Waals surface area contributed by atoms with E-state index in [2.05, 4.69) is 10.3 Å². The van der Waals surface area contributed by atoms with E-state index in [-0.39, 0.29) is 12.3 Å². The first-order valence-electron chi connectivity index (χ1n) is 7.72. The fraction of sp³-hybridized carbons (Fsp3) is 0.312. The lowest BCUT2D eigenvalue weighted by Gasteiger charge is -2.04. The van der Waals surface area contributed by atoms with Crippen molar-refractivity contribution in [2.24, 2.45) is 5.73 Å². The molecule has 1 amide bonds. The number of hydrogen-bond acceptors (Lipinski definition) is 2. The zero-order valence-corrected chi connectivity index (χ0v) is 13.8. The van der Waals surface area contributed by atoms with E-state index in [1.165, 1.54) is 0 Å². The van der Waals surface area contributed by atoms with Crippen molar-refractivity contribution in [1.82, 2.24) is 14.8 Å². The van der Waals surface area contributed by atoms with E-state index in [0.717, 1.165) is 15.4 Å². The zero-order chi connectivity index (χ0) is 17.7. The summed E-state index contributed by atoms with van der Waals surface area (Å²) in [5, 5.41) is 4.13. The standard InChI is InChI=1S/C16H21BF2N4O/c1-11-9-12(2)23(17(18)19)15(11)10-14-4-3-13(22-14)5-6-16(24)21-8-7-20/h3-5,9-10,22H,6-8,20H2,1-2H3,(H,21,24). The van der Waals surface area contributed by atoms with Gasteiger partial charge < -0.3 is 20.5 Å². The molecule has 0 fully saturated rings. The Kier molecular flexibility index (Phi) is 5.97. The second-order valence-corrected chi connectivity index (χ2v) is 5.56. The van der Waals surface area contributed by atoms with Crippen LogP contribution in [0.2, 0.25) is 0 Å². The molecular weight excluding hydrogens is 313 g/mol. The van der Waals surface area contributed by atoms with Gasteiger partial charge >= 0.3 is 7.40 Å². The number of aromatic nitrogens is 2. The Morgan fingerprint density at radius 2 is 2.08 bits per heavy atom. The molecule has 0 saturated carbocycles. The van der Waals surface area contributed by atoms with Crippen molar-refractivity contribution < 1.29 is 13.4 Å². The van der Waals surface area contributed by atoms with Gasteiger partial charge in [-0.25, -0.2) is 0 Å². The number of carbonyl (C=O) groups is 1. The number of nitrogens with two attached hydrogens (primary N) is 1. The van der Waals surface area contributed by atoms with Gasteiger partial charge in [-0.05, 0) is 43.7 Å². The molecule has 128 valence electrons. The normalized spacial score (nSPS) is 12.7. The Labute approximate surface area is 139 Å².